The molecular weight excluding hydrogens is 354 g/mol. The molecule has 1 aromatic heterocycles. The summed E-state index contributed by atoms with van der Waals surface area (Å²) in [4.78, 5) is 26.2. The number of nitrogens with one attached hydrogen (secondary N) is 2. The van der Waals surface area contributed by atoms with Crippen LogP contribution < -0.4 is 10.6 Å². The fourth-order valence-corrected chi connectivity index (χ4v) is 4.15. The van der Waals surface area contributed by atoms with Crippen molar-refractivity contribution in [2.24, 2.45) is 0 Å². The van der Waals surface area contributed by atoms with Crippen LogP contribution in [0.3, 0.4) is 0 Å². The van der Waals surface area contributed by atoms with Crippen LogP contribution in [-0.2, 0) is 17.9 Å². The van der Waals surface area contributed by atoms with E-state index in [0.717, 1.165) is 42.8 Å². The summed E-state index contributed by atoms with van der Waals surface area (Å²) in [5.41, 5.74) is 2.11. The van der Waals surface area contributed by atoms with E-state index < -0.39 is 0 Å². The van der Waals surface area contributed by atoms with Crippen molar-refractivity contribution >= 4 is 17.8 Å². The first-order valence-electron chi connectivity index (χ1n) is 10.1. The highest BCUT2D eigenvalue weighted by Crippen LogP contribution is 2.31. The molecule has 0 bridgehead atoms. The van der Waals surface area contributed by atoms with Crippen molar-refractivity contribution in [3.8, 4) is 0 Å². The molecule has 2 fully saturated rings. The SMILES string of the molecule is O=C(NCc1ccccc1CN1CCCC1=O)Nc1ccnn1C1CCCC1. The molecular formula is C21H27N5O2. The predicted molar refractivity (Wildman–Crippen MR) is 107 cm³/mol. The van der Waals surface area contributed by atoms with Gasteiger partial charge in [0.1, 0.15) is 5.82 Å². The zero-order valence-corrected chi connectivity index (χ0v) is 16.1. The number of carbonyl (C=O) groups is 2. The fraction of sp³-hybridized carbons (Fsp3) is 0.476. The Labute approximate surface area is 165 Å². The van der Waals surface area contributed by atoms with Gasteiger partial charge in [0, 0.05) is 32.1 Å². The van der Waals surface area contributed by atoms with Gasteiger partial charge in [-0.2, -0.15) is 5.10 Å². The quantitative estimate of drug-likeness (QED) is 0.804. The van der Waals surface area contributed by atoms with Crippen molar-refractivity contribution in [1.82, 2.24) is 20.0 Å². The summed E-state index contributed by atoms with van der Waals surface area (Å²) in [5.74, 6) is 0.945. The first-order chi connectivity index (χ1) is 13.7. The summed E-state index contributed by atoms with van der Waals surface area (Å²) in [7, 11) is 0. The Morgan fingerprint density at radius 2 is 1.89 bits per heavy atom. The molecule has 148 valence electrons. The molecule has 1 saturated heterocycles. The van der Waals surface area contributed by atoms with Gasteiger partial charge in [0.25, 0.3) is 0 Å². The lowest BCUT2D eigenvalue weighted by molar-refractivity contribution is -0.128. The highest BCUT2D eigenvalue weighted by Gasteiger charge is 2.22. The molecule has 3 amide bonds. The molecule has 7 nitrogen and oxygen atoms in total. The Morgan fingerprint density at radius 1 is 1.11 bits per heavy atom. The lowest BCUT2D eigenvalue weighted by Crippen LogP contribution is -2.30. The average Bonchev–Trinajstić information content (AvgIpc) is 3.44. The monoisotopic (exact) mass is 381 g/mol. The number of hydrogen-bond donors (Lipinski definition) is 2. The summed E-state index contributed by atoms with van der Waals surface area (Å²) in [6.07, 6.45) is 7.95. The fourth-order valence-electron chi connectivity index (χ4n) is 4.15. The zero-order chi connectivity index (χ0) is 19.3. The number of rotatable bonds is 6. The summed E-state index contributed by atoms with van der Waals surface area (Å²) in [6, 6.07) is 9.93. The Bertz CT molecular complexity index is 841. The second kappa shape index (κ2) is 8.46. The van der Waals surface area contributed by atoms with Gasteiger partial charge >= 0.3 is 6.03 Å². The molecule has 1 aromatic carbocycles. The molecule has 2 aliphatic rings. The van der Waals surface area contributed by atoms with E-state index in [1.54, 1.807) is 6.20 Å². The van der Waals surface area contributed by atoms with E-state index in [2.05, 4.69) is 15.7 Å². The summed E-state index contributed by atoms with van der Waals surface area (Å²) in [5, 5.41) is 10.2. The summed E-state index contributed by atoms with van der Waals surface area (Å²) < 4.78 is 1.93. The van der Waals surface area contributed by atoms with E-state index in [1.165, 1.54) is 12.8 Å². The van der Waals surface area contributed by atoms with Crippen molar-refractivity contribution in [3.63, 3.8) is 0 Å². The molecule has 2 aromatic rings. The van der Waals surface area contributed by atoms with Crippen LogP contribution in [0.25, 0.3) is 0 Å². The largest absolute Gasteiger partial charge is 0.338 e. The average molecular weight is 381 g/mol. The van der Waals surface area contributed by atoms with E-state index in [1.807, 2.05) is 39.9 Å². The van der Waals surface area contributed by atoms with Crippen LogP contribution in [0.5, 0.6) is 0 Å². The van der Waals surface area contributed by atoms with Gasteiger partial charge < -0.3 is 10.2 Å². The topological polar surface area (TPSA) is 79.3 Å². The minimum absolute atomic E-state index is 0.209. The molecule has 1 aliphatic carbocycles. The third kappa shape index (κ3) is 4.18. The summed E-state index contributed by atoms with van der Waals surface area (Å²) >= 11 is 0. The Kier molecular flexibility index (Phi) is 5.60. The van der Waals surface area contributed by atoms with Gasteiger partial charge in [-0.05, 0) is 30.4 Å². The molecule has 2 N–H and O–H groups in total. The van der Waals surface area contributed by atoms with E-state index >= 15 is 0 Å². The minimum Gasteiger partial charge on any atom is -0.338 e. The van der Waals surface area contributed by atoms with Crippen LogP contribution in [0.15, 0.2) is 36.5 Å². The van der Waals surface area contributed by atoms with Crippen LogP contribution in [-0.4, -0.2) is 33.2 Å². The molecule has 0 radical (unpaired) electrons. The van der Waals surface area contributed by atoms with Gasteiger partial charge in [0.2, 0.25) is 5.91 Å². The van der Waals surface area contributed by atoms with Crippen molar-refractivity contribution in [2.75, 3.05) is 11.9 Å². The number of amides is 3. The Balaban J connectivity index is 1.35. The van der Waals surface area contributed by atoms with E-state index in [9.17, 15) is 9.59 Å². The van der Waals surface area contributed by atoms with Crippen LogP contribution in [0.4, 0.5) is 10.6 Å². The van der Waals surface area contributed by atoms with Gasteiger partial charge in [-0.15, -0.1) is 0 Å². The molecule has 0 spiro atoms. The third-order valence-corrected chi connectivity index (χ3v) is 5.67. The standard InChI is InChI=1S/C21H27N5O2/c27-20-10-5-13-25(20)15-17-7-2-1-6-16(17)14-22-21(28)24-19-11-12-23-26(19)18-8-3-4-9-18/h1-2,6-7,11-12,18H,3-5,8-10,13-15H2,(H2,22,24,28). The number of nitrogens with zero attached hydrogens (tertiary/aromatic N) is 3. The molecule has 1 aliphatic heterocycles. The van der Waals surface area contributed by atoms with Gasteiger partial charge in [-0.25, -0.2) is 9.48 Å². The molecule has 0 atom stereocenters. The van der Waals surface area contributed by atoms with Crippen molar-refractivity contribution in [2.45, 2.75) is 57.7 Å². The molecule has 1 saturated carbocycles. The second-order valence-electron chi connectivity index (χ2n) is 7.59. The van der Waals surface area contributed by atoms with E-state index in [4.69, 9.17) is 0 Å². The molecule has 4 rings (SSSR count). The van der Waals surface area contributed by atoms with Crippen molar-refractivity contribution in [3.05, 3.63) is 47.7 Å². The normalized spacial score (nSPS) is 17.3. The lowest BCUT2D eigenvalue weighted by atomic mass is 10.1. The molecule has 28 heavy (non-hydrogen) atoms. The number of hydrogen-bond acceptors (Lipinski definition) is 3. The van der Waals surface area contributed by atoms with E-state index in [0.29, 0.717) is 25.6 Å². The lowest BCUT2D eigenvalue weighted by Gasteiger charge is -2.19. The van der Waals surface area contributed by atoms with Crippen LogP contribution in [0, 0.1) is 0 Å². The van der Waals surface area contributed by atoms with Gasteiger partial charge in [0.05, 0.1) is 12.2 Å². The number of carbonyl (C=O) groups excluding carboxylic acids is 2. The zero-order valence-electron chi connectivity index (χ0n) is 16.1. The van der Waals surface area contributed by atoms with Gasteiger partial charge in [-0.1, -0.05) is 37.1 Å². The maximum Gasteiger partial charge on any atom is 0.320 e. The van der Waals surface area contributed by atoms with Crippen LogP contribution >= 0.6 is 0 Å². The van der Waals surface area contributed by atoms with Crippen molar-refractivity contribution in [1.29, 1.82) is 0 Å². The predicted octanol–water partition coefficient (Wildman–Crippen LogP) is 3.44. The number of benzene rings is 1. The minimum atomic E-state index is -0.244. The number of aromatic nitrogens is 2. The first-order valence-corrected chi connectivity index (χ1v) is 10.1. The van der Waals surface area contributed by atoms with Gasteiger partial charge in [-0.3, -0.25) is 10.1 Å². The Hall–Kier alpha value is -2.83. The summed E-state index contributed by atoms with van der Waals surface area (Å²) in [6.45, 7) is 1.83. The second-order valence-corrected chi connectivity index (χ2v) is 7.59. The molecule has 7 heteroatoms. The van der Waals surface area contributed by atoms with Crippen LogP contribution in [0.1, 0.15) is 55.7 Å². The number of urea groups is 1. The smallest absolute Gasteiger partial charge is 0.320 e. The van der Waals surface area contributed by atoms with Gasteiger partial charge in [0.15, 0.2) is 0 Å². The number of anilines is 1. The highest BCUT2D eigenvalue weighted by atomic mass is 16.2. The maximum absolute atomic E-state index is 12.4. The van der Waals surface area contributed by atoms with E-state index in [-0.39, 0.29) is 11.9 Å². The van der Waals surface area contributed by atoms with Crippen LogP contribution in [0.2, 0.25) is 0 Å². The number of likely N-dealkylation sites (tertiary alicyclic amines) is 1. The maximum atomic E-state index is 12.4. The Morgan fingerprint density at radius 3 is 2.64 bits per heavy atom. The molecule has 2 heterocycles. The molecule has 0 unspecified atom stereocenters. The third-order valence-electron chi connectivity index (χ3n) is 5.67. The first kappa shape index (κ1) is 18.5. The van der Waals surface area contributed by atoms with Crippen molar-refractivity contribution < 1.29 is 9.59 Å². The highest BCUT2D eigenvalue weighted by molar-refractivity contribution is 5.88.